The predicted octanol–water partition coefficient (Wildman–Crippen LogP) is 5.78. The summed E-state index contributed by atoms with van der Waals surface area (Å²) in [5.41, 5.74) is 7.83. The van der Waals surface area contributed by atoms with Gasteiger partial charge in [-0.05, 0) is 105 Å². The van der Waals surface area contributed by atoms with Gasteiger partial charge in [0.15, 0.2) is 11.6 Å². The van der Waals surface area contributed by atoms with E-state index in [0.717, 1.165) is 48.0 Å². The Morgan fingerprint density at radius 3 is 2.69 bits per heavy atom. The molecule has 1 aliphatic heterocycles. The molecule has 1 aliphatic carbocycles. The van der Waals surface area contributed by atoms with Gasteiger partial charge in [0.05, 0.1) is 15.8 Å². The van der Waals surface area contributed by atoms with Crippen LogP contribution >= 0.6 is 38.5 Å². The van der Waals surface area contributed by atoms with Crippen LogP contribution in [0.4, 0.5) is 21.6 Å². The molecule has 1 saturated carbocycles. The minimum Gasteiger partial charge on any atom is -0.460 e. The van der Waals surface area contributed by atoms with Crippen molar-refractivity contribution in [2.75, 3.05) is 43.1 Å². The van der Waals surface area contributed by atoms with E-state index in [1.54, 1.807) is 0 Å². The Balaban J connectivity index is 1.62. The maximum absolute atomic E-state index is 15.4. The van der Waals surface area contributed by atoms with Crippen LogP contribution < -0.4 is 16.0 Å². The fourth-order valence-corrected chi connectivity index (χ4v) is 5.94. The molecule has 1 aromatic carbocycles. The van der Waals surface area contributed by atoms with Crippen LogP contribution in [-0.4, -0.2) is 60.7 Å². The van der Waals surface area contributed by atoms with Gasteiger partial charge in [-0.3, -0.25) is 4.79 Å². The summed E-state index contributed by atoms with van der Waals surface area (Å²) >= 11 is 5.50. The minimum absolute atomic E-state index is 0.127. The highest BCUT2D eigenvalue weighted by molar-refractivity contribution is 14.1. The molecule has 1 aromatic heterocycles. The largest absolute Gasteiger partial charge is 0.460 e. The summed E-state index contributed by atoms with van der Waals surface area (Å²) in [6, 6.07) is 2.47. The lowest BCUT2D eigenvalue weighted by Crippen LogP contribution is -2.58. The molecule has 2 aliphatic rings. The quantitative estimate of drug-likeness (QED) is 0.228. The van der Waals surface area contributed by atoms with Gasteiger partial charge >= 0.3 is 5.97 Å². The second-order valence-corrected chi connectivity index (χ2v) is 13.2. The van der Waals surface area contributed by atoms with Crippen LogP contribution in [0.3, 0.4) is 0 Å². The van der Waals surface area contributed by atoms with E-state index in [4.69, 9.17) is 15.5 Å². The first-order valence-corrected chi connectivity index (χ1v) is 14.4. The number of rotatable bonds is 6. The summed E-state index contributed by atoms with van der Waals surface area (Å²) in [6.07, 6.45) is 4.21. The lowest BCUT2D eigenvalue weighted by atomic mass is 9.83. The monoisotopic (exact) mass is 675 g/mol. The van der Waals surface area contributed by atoms with Crippen molar-refractivity contribution in [2.45, 2.75) is 70.6 Å². The highest BCUT2D eigenvalue weighted by atomic mass is 127. The van der Waals surface area contributed by atoms with Gasteiger partial charge in [-0.2, -0.15) is 0 Å². The molecule has 4 rings (SSSR count). The maximum Gasteiger partial charge on any atom is 0.306 e. The number of carbonyl (C=O) groups is 1. The number of nitrogens with one attached hydrogen (secondary N) is 1. The summed E-state index contributed by atoms with van der Waals surface area (Å²) in [6.45, 7) is 7.27. The lowest BCUT2D eigenvalue weighted by molar-refractivity contribution is -0.156. The Morgan fingerprint density at radius 2 is 2.06 bits per heavy atom. The molecule has 2 aromatic rings. The molecule has 1 saturated heterocycles. The number of pyridine rings is 1. The number of halogens is 3. The number of hydrogen-bond acceptors (Lipinski definition) is 7. The molecule has 0 radical (unpaired) electrons. The molecule has 3 N–H and O–H groups in total. The van der Waals surface area contributed by atoms with Crippen molar-refractivity contribution in [2.24, 2.45) is 5.92 Å². The average Bonchev–Trinajstić information content (AvgIpc) is 2.73. The summed E-state index contributed by atoms with van der Waals surface area (Å²) in [5.74, 6) is 0.328. The Labute approximate surface area is 235 Å². The number of nitrogens with two attached hydrogens (primary N) is 1. The van der Waals surface area contributed by atoms with Crippen LogP contribution in [0.15, 0.2) is 10.5 Å². The van der Waals surface area contributed by atoms with Gasteiger partial charge in [-0.1, -0.05) is 6.42 Å². The first-order chi connectivity index (χ1) is 16.8. The number of hydrogen-bond donors (Lipinski definition) is 2. The highest BCUT2D eigenvalue weighted by Crippen LogP contribution is 2.42. The van der Waals surface area contributed by atoms with E-state index < -0.39 is 5.60 Å². The van der Waals surface area contributed by atoms with E-state index >= 15 is 4.39 Å². The smallest absolute Gasteiger partial charge is 0.306 e. The number of carbonyl (C=O) groups excluding carboxylic acids is 1. The zero-order valence-electron chi connectivity index (χ0n) is 21.6. The maximum atomic E-state index is 15.4. The molecule has 2 atom stereocenters. The minimum atomic E-state index is -0.484. The van der Waals surface area contributed by atoms with Crippen LogP contribution in [0.1, 0.15) is 52.9 Å². The number of ether oxygens (including phenoxy) is 1. The normalized spacial score (nSPS) is 21.1. The number of likely N-dealkylation sites (N-methyl/N-ethyl adjacent to an activating group) is 1. The molecule has 0 amide bonds. The first-order valence-electron chi connectivity index (χ1n) is 12.5. The van der Waals surface area contributed by atoms with Gasteiger partial charge in [0.25, 0.3) is 0 Å². The number of anilines is 3. The molecule has 7 nitrogen and oxygen atoms in total. The van der Waals surface area contributed by atoms with Crippen LogP contribution in [-0.2, 0) is 9.53 Å². The highest BCUT2D eigenvalue weighted by Gasteiger charge is 2.33. The van der Waals surface area contributed by atoms with Gasteiger partial charge in [-0.25, -0.2) is 9.37 Å². The van der Waals surface area contributed by atoms with E-state index in [2.05, 4.69) is 67.7 Å². The third-order valence-electron chi connectivity index (χ3n) is 7.03. The average molecular weight is 676 g/mol. The molecule has 10 heteroatoms. The van der Waals surface area contributed by atoms with Crippen molar-refractivity contribution in [1.29, 1.82) is 0 Å². The third-order valence-corrected chi connectivity index (χ3v) is 9.40. The Hall–Kier alpha value is -1.40. The fraction of sp³-hybridized carbons (Fsp3) is 0.615. The van der Waals surface area contributed by atoms with Crippen molar-refractivity contribution in [3.8, 4) is 0 Å². The summed E-state index contributed by atoms with van der Waals surface area (Å²) in [4.78, 5) is 21.4. The zero-order chi connectivity index (χ0) is 26.4. The Kier molecular flexibility index (Phi) is 8.26. The molecule has 198 valence electrons. The van der Waals surface area contributed by atoms with Gasteiger partial charge in [0, 0.05) is 40.6 Å². The number of esters is 1. The predicted molar refractivity (Wildman–Crippen MR) is 156 cm³/mol. The van der Waals surface area contributed by atoms with E-state index in [9.17, 15) is 4.79 Å². The summed E-state index contributed by atoms with van der Waals surface area (Å²) in [7, 11) is 4.11. The van der Waals surface area contributed by atoms with Crippen molar-refractivity contribution >= 4 is 72.6 Å². The van der Waals surface area contributed by atoms with Crippen molar-refractivity contribution in [3.63, 3.8) is 0 Å². The molecule has 2 fully saturated rings. The SMILES string of the molecule is CN(C)C1CN(c2nc3c(F)c(Br)c(I)cc3c(NC3CCC[C@H](CC(=O)OC(C)(C)C)C3)c2N)C1. The van der Waals surface area contributed by atoms with Gasteiger partial charge in [0.1, 0.15) is 11.1 Å². The number of benzene rings is 1. The van der Waals surface area contributed by atoms with Gasteiger partial charge in [0.2, 0.25) is 0 Å². The van der Waals surface area contributed by atoms with Crippen molar-refractivity contribution < 1.29 is 13.9 Å². The first kappa shape index (κ1) is 27.6. The van der Waals surface area contributed by atoms with Gasteiger partial charge in [-0.15, -0.1) is 0 Å². The third kappa shape index (κ3) is 6.01. The molecule has 2 heterocycles. The van der Waals surface area contributed by atoms with Gasteiger partial charge < -0.3 is 25.6 Å². The molecule has 1 unspecified atom stereocenters. The Morgan fingerprint density at radius 1 is 1.36 bits per heavy atom. The molecular weight excluding hydrogens is 640 g/mol. The lowest BCUT2D eigenvalue weighted by Gasteiger charge is -2.44. The number of nitrogens with zero attached hydrogens (tertiary/aromatic N) is 3. The van der Waals surface area contributed by atoms with Crippen LogP contribution in [0.2, 0.25) is 0 Å². The van der Waals surface area contributed by atoms with E-state index in [1.165, 1.54) is 0 Å². The molecule has 0 bridgehead atoms. The van der Waals surface area contributed by atoms with Crippen LogP contribution in [0.25, 0.3) is 10.9 Å². The number of nitrogen functional groups attached to an aromatic ring is 1. The molecule has 36 heavy (non-hydrogen) atoms. The number of aromatic nitrogens is 1. The van der Waals surface area contributed by atoms with Crippen molar-refractivity contribution in [3.05, 3.63) is 19.9 Å². The zero-order valence-corrected chi connectivity index (χ0v) is 25.4. The van der Waals surface area contributed by atoms with Crippen LogP contribution in [0.5, 0.6) is 0 Å². The van der Waals surface area contributed by atoms with Crippen LogP contribution in [0, 0.1) is 15.3 Å². The van der Waals surface area contributed by atoms with E-state index in [0.29, 0.717) is 39.3 Å². The number of fused-ring (bicyclic) bond motifs is 1. The second-order valence-electron chi connectivity index (χ2n) is 11.3. The van der Waals surface area contributed by atoms with E-state index in [1.807, 2.05) is 26.8 Å². The van der Waals surface area contributed by atoms with Crippen molar-refractivity contribution in [1.82, 2.24) is 9.88 Å². The molecule has 0 spiro atoms. The Bertz CT molecular complexity index is 1150. The van der Waals surface area contributed by atoms with E-state index in [-0.39, 0.29) is 23.7 Å². The molecular formula is C26H36BrFIN5O2. The topological polar surface area (TPSA) is 83.7 Å². The standard InChI is InChI=1S/C26H36BrFIN5O2/c1-26(2,3)36-19(35)10-14-7-6-8-15(9-14)31-24-17-11-18(29)20(27)21(28)23(17)32-25(22(24)30)34-12-16(13-34)33(4)5/h11,14-16H,6-10,12-13,30H2,1-5H3,(H,31,32)/t14-,15?/m0/s1. The fourth-order valence-electron chi connectivity index (χ4n) is 5.09. The summed E-state index contributed by atoms with van der Waals surface area (Å²) in [5, 5.41) is 4.34. The second kappa shape index (κ2) is 10.8. The summed E-state index contributed by atoms with van der Waals surface area (Å²) < 4.78 is 22.1.